The van der Waals surface area contributed by atoms with Crippen LogP contribution in [-0.4, -0.2) is 13.1 Å². The van der Waals surface area contributed by atoms with Crippen molar-refractivity contribution in [2.75, 3.05) is 23.3 Å². The lowest BCUT2D eigenvalue weighted by Gasteiger charge is -2.21. The summed E-state index contributed by atoms with van der Waals surface area (Å²) in [6, 6.07) is 17.6. The van der Waals surface area contributed by atoms with Crippen LogP contribution in [-0.2, 0) is 6.54 Å². The Kier molecular flexibility index (Phi) is 4.67. The molecule has 0 spiro atoms. The zero-order valence-electron chi connectivity index (χ0n) is 13.7. The number of nitrogens with zero attached hydrogens (tertiary/aromatic N) is 1. The summed E-state index contributed by atoms with van der Waals surface area (Å²) in [6.45, 7) is 7.73. The molecule has 1 aliphatic rings. The standard InChI is InChI=1S/C20H26N2/c1-16(2)17-9-11-19(12-10-17)21-15-18-7-3-4-8-20(18)22-13-5-6-14-22/h3-4,7-12,16,21H,5-6,13-15H2,1-2H3. The van der Waals surface area contributed by atoms with Crippen molar-refractivity contribution >= 4 is 11.4 Å². The van der Waals surface area contributed by atoms with Crippen molar-refractivity contribution in [1.29, 1.82) is 0 Å². The molecule has 3 rings (SSSR count). The Morgan fingerprint density at radius 1 is 0.955 bits per heavy atom. The molecule has 0 bridgehead atoms. The van der Waals surface area contributed by atoms with Gasteiger partial charge < -0.3 is 10.2 Å². The first-order chi connectivity index (χ1) is 10.7. The molecule has 1 heterocycles. The second kappa shape index (κ2) is 6.87. The van der Waals surface area contributed by atoms with Crippen LogP contribution >= 0.6 is 0 Å². The molecular weight excluding hydrogens is 268 g/mol. The summed E-state index contributed by atoms with van der Waals surface area (Å²) in [4.78, 5) is 2.51. The average Bonchev–Trinajstić information content (AvgIpc) is 3.08. The van der Waals surface area contributed by atoms with Crippen LogP contribution in [0.25, 0.3) is 0 Å². The summed E-state index contributed by atoms with van der Waals surface area (Å²) in [5.41, 5.74) is 5.37. The number of para-hydroxylation sites is 1. The molecule has 0 unspecified atom stereocenters. The van der Waals surface area contributed by atoms with Gasteiger partial charge in [0.1, 0.15) is 0 Å². The normalized spacial score (nSPS) is 14.6. The Hall–Kier alpha value is -1.96. The maximum atomic E-state index is 3.56. The Labute approximate surface area is 134 Å². The first-order valence-corrected chi connectivity index (χ1v) is 8.41. The minimum atomic E-state index is 0.588. The summed E-state index contributed by atoms with van der Waals surface area (Å²) in [5, 5.41) is 3.56. The molecule has 1 fully saturated rings. The lowest BCUT2D eigenvalue weighted by atomic mass is 10.0. The molecule has 0 saturated carbocycles. The molecule has 22 heavy (non-hydrogen) atoms. The molecule has 0 radical (unpaired) electrons. The van der Waals surface area contributed by atoms with Crippen molar-refractivity contribution in [3.8, 4) is 0 Å². The van der Waals surface area contributed by atoms with Crippen molar-refractivity contribution in [2.24, 2.45) is 0 Å². The Balaban J connectivity index is 1.68. The van der Waals surface area contributed by atoms with E-state index in [4.69, 9.17) is 0 Å². The third-order valence-electron chi connectivity index (χ3n) is 4.50. The lowest BCUT2D eigenvalue weighted by molar-refractivity contribution is 0.866. The minimum absolute atomic E-state index is 0.588. The van der Waals surface area contributed by atoms with Crippen LogP contribution in [0, 0.1) is 0 Å². The second-order valence-electron chi connectivity index (χ2n) is 6.45. The second-order valence-corrected chi connectivity index (χ2v) is 6.45. The smallest absolute Gasteiger partial charge is 0.0421 e. The maximum absolute atomic E-state index is 3.56. The molecule has 1 aliphatic heterocycles. The fraction of sp³-hybridized carbons (Fsp3) is 0.400. The highest BCUT2D eigenvalue weighted by atomic mass is 15.1. The highest BCUT2D eigenvalue weighted by molar-refractivity contribution is 5.56. The fourth-order valence-corrected chi connectivity index (χ4v) is 3.11. The van der Waals surface area contributed by atoms with Crippen LogP contribution in [0.3, 0.4) is 0 Å². The Morgan fingerprint density at radius 3 is 2.32 bits per heavy atom. The highest BCUT2D eigenvalue weighted by Gasteiger charge is 2.14. The molecule has 0 amide bonds. The number of hydrogen-bond acceptors (Lipinski definition) is 2. The van der Waals surface area contributed by atoms with Crippen LogP contribution in [0.15, 0.2) is 48.5 Å². The summed E-state index contributed by atoms with van der Waals surface area (Å²) in [6.07, 6.45) is 2.64. The molecule has 2 aromatic rings. The van der Waals surface area contributed by atoms with Crippen LogP contribution in [0.1, 0.15) is 43.7 Å². The van der Waals surface area contributed by atoms with E-state index in [1.807, 2.05) is 0 Å². The molecular formula is C20H26N2. The monoisotopic (exact) mass is 294 g/mol. The van der Waals surface area contributed by atoms with E-state index in [1.165, 1.54) is 48.4 Å². The van der Waals surface area contributed by atoms with E-state index >= 15 is 0 Å². The van der Waals surface area contributed by atoms with Crippen molar-refractivity contribution in [3.63, 3.8) is 0 Å². The highest BCUT2D eigenvalue weighted by Crippen LogP contribution is 2.25. The van der Waals surface area contributed by atoms with Gasteiger partial charge in [-0.05, 0) is 48.1 Å². The third-order valence-corrected chi connectivity index (χ3v) is 4.50. The lowest BCUT2D eigenvalue weighted by Crippen LogP contribution is -2.19. The Morgan fingerprint density at radius 2 is 1.64 bits per heavy atom. The molecule has 0 atom stereocenters. The van der Waals surface area contributed by atoms with E-state index in [1.54, 1.807) is 0 Å². The van der Waals surface area contributed by atoms with E-state index in [9.17, 15) is 0 Å². The number of benzene rings is 2. The maximum Gasteiger partial charge on any atom is 0.0421 e. The molecule has 2 heteroatoms. The number of rotatable bonds is 5. The van der Waals surface area contributed by atoms with Crippen LogP contribution in [0.2, 0.25) is 0 Å². The predicted molar refractivity (Wildman–Crippen MR) is 95.7 cm³/mol. The van der Waals surface area contributed by atoms with Crippen LogP contribution in [0.5, 0.6) is 0 Å². The van der Waals surface area contributed by atoms with E-state index in [2.05, 4.69) is 72.6 Å². The van der Waals surface area contributed by atoms with Crippen molar-refractivity contribution in [1.82, 2.24) is 0 Å². The van der Waals surface area contributed by atoms with Crippen molar-refractivity contribution < 1.29 is 0 Å². The molecule has 0 aromatic heterocycles. The van der Waals surface area contributed by atoms with E-state index in [0.717, 1.165) is 6.54 Å². The van der Waals surface area contributed by atoms with Crippen molar-refractivity contribution in [3.05, 3.63) is 59.7 Å². The summed E-state index contributed by atoms with van der Waals surface area (Å²) < 4.78 is 0. The van der Waals surface area contributed by atoms with Crippen LogP contribution in [0.4, 0.5) is 11.4 Å². The Bertz CT molecular complexity index is 595. The average molecular weight is 294 g/mol. The molecule has 116 valence electrons. The molecule has 1 saturated heterocycles. The van der Waals surface area contributed by atoms with E-state index in [0.29, 0.717) is 5.92 Å². The van der Waals surface area contributed by atoms with Gasteiger partial charge in [0.05, 0.1) is 0 Å². The number of hydrogen-bond donors (Lipinski definition) is 1. The van der Waals surface area contributed by atoms with Gasteiger partial charge in [0.25, 0.3) is 0 Å². The van der Waals surface area contributed by atoms with Gasteiger partial charge >= 0.3 is 0 Å². The molecule has 2 aromatic carbocycles. The topological polar surface area (TPSA) is 15.3 Å². The molecule has 2 nitrogen and oxygen atoms in total. The zero-order valence-corrected chi connectivity index (χ0v) is 13.7. The van der Waals surface area contributed by atoms with Gasteiger partial charge in [-0.1, -0.05) is 44.2 Å². The van der Waals surface area contributed by atoms with E-state index in [-0.39, 0.29) is 0 Å². The quantitative estimate of drug-likeness (QED) is 0.832. The van der Waals surface area contributed by atoms with Gasteiger partial charge in [-0.2, -0.15) is 0 Å². The van der Waals surface area contributed by atoms with Crippen molar-refractivity contribution in [2.45, 2.75) is 39.2 Å². The number of anilines is 2. The molecule has 1 N–H and O–H groups in total. The summed E-state index contributed by atoms with van der Waals surface area (Å²) in [7, 11) is 0. The van der Waals surface area contributed by atoms with Gasteiger partial charge in [-0.15, -0.1) is 0 Å². The van der Waals surface area contributed by atoms with E-state index < -0.39 is 0 Å². The SMILES string of the molecule is CC(C)c1ccc(NCc2ccccc2N2CCCC2)cc1. The van der Waals surface area contributed by atoms with Gasteiger partial charge in [0, 0.05) is 31.0 Å². The zero-order chi connectivity index (χ0) is 15.4. The minimum Gasteiger partial charge on any atom is -0.381 e. The van der Waals surface area contributed by atoms with Crippen LogP contribution < -0.4 is 10.2 Å². The third kappa shape index (κ3) is 3.44. The summed E-state index contributed by atoms with van der Waals surface area (Å²) >= 11 is 0. The first-order valence-electron chi connectivity index (χ1n) is 8.41. The number of nitrogens with one attached hydrogen (secondary N) is 1. The first kappa shape index (κ1) is 15.0. The largest absolute Gasteiger partial charge is 0.381 e. The van der Waals surface area contributed by atoms with Gasteiger partial charge in [0.2, 0.25) is 0 Å². The van der Waals surface area contributed by atoms with Gasteiger partial charge in [-0.3, -0.25) is 0 Å². The van der Waals surface area contributed by atoms with Gasteiger partial charge in [0.15, 0.2) is 0 Å². The fourth-order valence-electron chi connectivity index (χ4n) is 3.11. The summed E-state index contributed by atoms with van der Waals surface area (Å²) in [5.74, 6) is 0.588. The predicted octanol–water partition coefficient (Wildman–Crippen LogP) is 5.02. The molecule has 0 aliphatic carbocycles. The van der Waals surface area contributed by atoms with Gasteiger partial charge in [-0.25, -0.2) is 0 Å².